The first kappa shape index (κ1) is 14.4. The van der Waals surface area contributed by atoms with Crippen molar-refractivity contribution in [1.29, 1.82) is 0 Å². The van der Waals surface area contributed by atoms with Crippen LogP contribution in [0.3, 0.4) is 0 Å². The van der Waals surface area contributed by atoms with E-state index in [2.05, 4.69) is 13.0 Å². The SMILES string of the molecule is COc1ccc(C(N)Cc2ccccc2OC)c(C)c1. The van der Waals surface area contributed by atoms with Crippen LogP contribution in [-0.4, -0.2) is 14.2 Å². The lowest BCUT2D eigenvalue weighted by molar-refractivity contribution is 0.408. The van der Waals surface area contributed by atoms with Gasteiger partial charge in [0.2, 0.25) is 0 Å². The summed E-state index contributed by atoms with van der Waals surface area (Å²) < 4.78 is 10.6. The Morgan fingerprint density at radius 2 is 1.80 bits per heavy atom. The number of methoxy groups -OCH3 is 2. The summed E-state index contributed by atoms with van der Waals surface area (Å²) >= 11 is 0. The van der Waals surface area contributed by atoms with Crippen LogP contribution in [0.2, 0.25) is 0 Å². The van der Waals surface area contributed by atoms with Gasteiger partial charge in [0.1, 0.15) is 11.5 Å². The van der Waals surface area contributed by atoms with E-state index in [-0.39, 0.29) is 6.04 Å². The molecular weight excluding hydrogens is 250 g/mol. The summed E-state index contributed by atoms with van der Waals surface area (Å²) in [5, 5.41) is 0. The van der Waals surface area contributed by atoms with Crippen LogP contribution >= 0.6 is 0 Å². The van der Waals surface area contributed by atoms with Gasteiger partial charge in [-0.05, 0) is 48.2 Å². The van der Waals surface area contributed by atoms with E-state index in [0.29, 0.717) is 0 Å². The third-order valence-electron chi connectivity index (χ3n) is 3.51. The minimum Gasteiger partial charge on any atom is -0.497 e. The molecule has 0 aliphatic carbocycles. The van der Waals surface area contributed by atoms with Gasteiger partial charge in [-0.25, -0.2) is 0 Å². The fourth-order valence-corrected chi connectivity index (χ4v) is 2.41. The van der Waals surface area contributed by atoms with E-state index in [1.165, 1.54) is 0 Å². The minimum atomic E-state index is -0.0581. The number of hydrogen-bond acceptors (Lipinski definition) is 3. The molecule has 0 bridgehead atoms. The first-order valence-electron chi connectivity index (χ1n) is 6.67. The third-order valence-corrected chi connectivity index (χ3v) is 3.51. The number of para-hydroxylation sites is 1. The molecule has 0 saturated carbocycles. The maximum Gasteiger partial charge on any atom is 0.122 e. The van der Waals surface area contributed by atoms with Gasteiger partial charge in [0.05, 0.1) is 14.2 Å². The van der Waals surface area contributed by atoms with Crippen LogP contribution in [0.5, 0.6) is 11.5 Å². The van der Waals surface area contributed by atoms with Crippen molar-refractivity contribution in [3.63, 3.8) is 0 Å². The van der Waals surface area contributed by atoms with E-state index in [1.54, 1.807) is 14.2 Å². The van der Waals surface area contributed by atoms with E-state index in [4.69, 9.17) is 15.2 Å². The second-order valence-electron chi connectivity index (χ2n) is 4.84. The zero-order valence-electron chi connectivity index (χ0n) is 12.2. The van der Waals surface area contributed by atoms with Crippen molar-refractivity contribution < 1.29 is 9.47 Å². The molecule has 0 spiro atoms. The monoisotopic (exact) mass is 271 g/mol. The Bertz CT molecular complexity index is 581. The topological polar surface area (TPSA) is 44.5 Å². The summed E-state index contributed by atoms with van der Waals surface area (Å²) in [6.07, 6.45) is 0.747. The van der Waals surface area contributed by atoms with Crippen molar-refractivity contribution in [1.82, 2.24) is 0 Å². The average Bonchev–Trinajstić information content (AvgIpc) is 2.47. The molecule has 1 atom stereocenters. The molecule has 20 heavy (non-hydrogen) atoms. The molecule has 0 aromatic heterocycles. The quantitative estimate of drug-likeness (QED) is 0.908. The van der Waals surface area contributed by atoms with Gasteiger partial charge in [0, 0.05) is 6.04 Å². The Kier molecular flexibility index (Phi) is 4.64. The number of aryl methyl sites for hydroxylation is 1. The molecule has 0 aliphatic rings. The fraction of sp³-hybridized carbons (Fsp3) is 0.294. The van der Waals surface area contributed by atoms with Crippen molar-refractivity contribution in [2.24, 2.45) is 5.73 Å². The Hall–Kier alpha value is -2.00. The molecule has 2 aromatic carbocycles. The molecule has 0 aliphatic heterocycles. The van der Waals surface area contributed by atoms with Crippen LogP contribution in [-0.2, 0) is 6.42 Å². The molecule has 0 heterocycles. The number of hydrogen-bond donors (Lipinski definition) is 1. The van der Waals surface area contributed by atoms with E-state index >= 15 is 0 Å². The second-order valence-corrected chi connectivity index (χ2v) is 4.84. The lowest BCUT2D eigenvalue weighted by Gasteiger charge is -2.17. The molecule has 2 aromatic rings. The van der Waals surface area contributed by atoms with Crippen LogP contribution in [0.25, 0.3) is 0 Å². The predicted octanol–water partition coefficient (Wildman–Crippen LogP) is 3.25. The van der Waals surface area contributed by atoms with E-state index < -0.39 is 0 Å². The largest absolute Gasteiger partial charge is 0.497 e. The zero-order valence-corrected chi connectivity index (χ0v) is 12.2. The van der Waals surface area contributed by atoms with Crippen LogP contribution in [0, 0.1) is 6.92 Å². The van der Waals surface area contributed by atoms with Gasteiger partial charge < -0.3 is 15.2 Å². The fourth-order valence-electron chi connectivity index (χ4n) is 2.41. The standard InChI is InChI=1S/C17H21NO2/c1-12-10-14(19-2)8-9-15(12)16(18)11-13-6-4-5-7-17(13)20-3/h4-10,16H,11,18H2,1-3H3. The molecule has 3 heteroatoms. The van der Waals surface area contributed by atoms with Gasteiger partial charge in [0.25, 0.3) is 0 Å². The first-order chi connectivity index (χ1) is 9.65. The summed E-state index contributed by atoms with van der Waals surface area (Å²) in [6.45, 7) is 2.06. The molecule has 0 saturated heterocycles. The molecule has 2 rings (SSSR count). The molecule has 3 nitrogen and oxygen atoms in total. The van der Waals surface area contributed by atoms with Gasteiger partial charge in [-0.3, -0.25) is 0 Å². The molecule has 1 unspecified atom stereocenters. The second kappa shape index (κ2) is 6.44. The Labute approximate surface area is 120 Å². The zero-order chi connectivity index (χ0) is 14.5. The Morgan fingerprint density at radius 1 is 1.05 bits per heavy atom. The average molecular weight is 271 g/mol. The molecule has 2 N–H and O–H groups in total. The van der Waals surface area contributed by atoms with Gasteiger partial charge in [0.15, 0.2) is 0 Å². The Balaban J connectivity index is 2.21. The van der Waals surface area contributed by atoms with E-state index in [1.807, 2.05) is 36.4 Å². The number of ether oxygens (including phenoxy) is 2. The van der Waals surface area contributed by atoms with Crippen molar-refractivity contribution in [2.45, 2.75) is 19.4 Å². The van der Waals surface area contributed by atoms with Gasteiger partial charge in [-0.15, -0.1) is 0 Å². The highest BCUT2D eigenvalue weighted by atomic mass is 16.5. The maximum atomic E-state index is 6.35. The van der Waals surface area contributed by atoms with Gasteiger partial charge >= 0.3 is 0 Å². The maximum absolute atomic E-state index is 6.35. The van der Waals surface area contributed by atoms with Crippen molar-refractivity contribution >= 4 is 0 Å². The number of nitrogens with two attached hydrogens (primary N) is 1. The van der Waals surface area contributed by atoms with E-state index in [9.17, 15) is 0 Å². The lowest BCUT2D eigenvalue weighted by atomic mass is 9.95. The van der Waals surface area contributed by atoms with Crippen molar-refractivity contribution in [3.8, 4) is 11.5 Å². The summed E-state index contributed by atoms with van der Waals surface area (Å²) in [6, 6.07) is 13.9. The van der Waals surface area contributed by atoms with Gasteiger partial charge in [-0.2, -0.15) is 0 Å². The molecule has 0 amide bonds. The van der Waals surface area contributed by atoms with Crippen LogP contribution < -0.4 is 15.2 Å². The minimum absolute atomic E-state index is 0.0581. The van der Waals surface area contributed by atoms with Crippen molar-refractivity contribution in [2.75, 3.05) is 14.2 Å². The third kappa shape index (κ3) is 3.11. The smallest absolute Gasteiger partial charge is 0.122 e. The highest BCUT2D eigenvalue weighted by molar-refractivity contribution is 5.39. The highest BCUT2D eigenvalue weighted by Crippen LogP contribution is 2.27. The van der Waals surface area contributed by atoms with Crippen molar-refractivity contribution in [3.05, 3.63) is 59.2 Å². The molecule has 0 fully saturated rings. The van der Waals surface area contributed by atoms with Crippen LogP contribution in [0.4, 0.5) is 0 Å². The van der Waals surface area contributed by atoms with E-state index in [0.717, 1.165) is 34.6 Å². The summed E-state index contributed by atoms with van der Waals surface area (Å²) in [7, 11) is 3.35. The lowest BCUT2D eigenvalue weighted by Crippen LogP contribution is -2.15. The normalized spacial score (nSPS) is 12.0. The van der Waals surface area contributed by atoms with Crippen LogP contribution in [0.15, 0.2) is 42.5 Å². The first-order valence-corrected chi connectivity index (χ1v) is 6.67. The summed E-state index contributed by atoms with van der Waals surface area (Å²) in [5.41, 5.74) is 9.75. The van der Waals surface area contributed by atoms with Gasteiger partial charge in [-0.1, -0.05) is 24.3 Å². The Morgan fingerprint density at radius 3 is 2.45 bits per heavy atom. The summed E-state index contributed by atoms with van der Waals surface area (Å²) in [5.74, 6) is 1.74. The molecular formula is C17H21NO2. The molecule has 0 radical (unpaired) electrons. The number of benzene rings is 2. The number of rotatable bonds is 5. The highest BCUT2D eigenvalue weighted by Gasteiger charge is 2.13. The summed E-state index contributed by atoms with van der Waals surface area (Å²) in [4.78, 5) is 0. The predicted molar refractivity (Wildman–Crippen MR) is 81.4 cm³/mol. The van der Waals surface area contributed by atoms with Crippen LogP contribution in [0.1, 0.15) is 22.7 Å². The molecule has 106 valence electrons.